The fraction of sp³-hybridized carbons (Fsp3) is 0.857. The molecular formula is C7H13BrNO+. The molecule has 10 heavy (non-hydrogen) atoms. The Morgan fingerprint density at radius 1 is 1.60 bits per heavy atom. The van der Waals surface area contributed by atoms with Crippen LogP contribution in [0.1, 0.15) is 12.8 Å². The minimum atomic E-state index is 0.0937. The van der Waals surface area contributed by atoms with Gasteiger partial charge in [0.25, 0.3) is 0 Å². The fourth-order valence-electron chi connectivity index (χ4n) is 1.28. The molecule has 0 aromatic carbocycles. The van der Waals surface area contributed by atoms with Crippen molar-refractivity contribution < 1.29 is 9.28 Å². The zero-order valence-corrected chi connectivity index (χ0v) is 8.02. The summed E-state index contributed by atoms with van der Waals surface area (Å²) in [4.78, 5) is 11.5. The molecule has 58 valence electrons. The topological polar surface area (TPSA) is 17.1 Å². The molecule has 0 aromatic heterocycles. The molecule has 0 bridgehead atoms. The van der Waals surface area contributed by atoms with Crippen LogP contribution >= 0.6 is 15.9 Å². The first-order chi connectivity index (χ1) is 4.54. The van der Waals surface area contributed by atoms with Gasteiger partial charge in [0.1, 0.15) is 4.83 Å². The lowest BCUT2D eigenvalue weighted by atomic mass is 10.1. The molecule has 1 heterocycles. The Kier molecular flexibility index (Phi) is 2.15. The van der Waals surface area contributed by atoms with Crippen molar-refractivity contribution in [2.75, 3.05) is 20.6 Å². The van der Waals surface area contributed by atoms with E-state index in [4.69, 9.17) is 0 Å². The summed E-state index contributed by atoms with van der Waals surface area (Å²) in [6, 6.07) is 0. The molecule has 0 aromatic rings. The first kappa shape index (κ1) is 8.21. The predicted octanol–water partition coefficient (Wildman–Crippen LogP) is 1.15. The molecule has 1 rings (SSSR count). The summed E-state index contributed by atoms with van der Waals surface area (Å²) >= 11 is 3.36. The molecule has 1 saturated heterocycles. The number of halogens is 1. The van der Waals surface area contributed by atoms with Crippen molar-refractivity contribution in [2.24, 2.45) is 0 Å². The molecule has 0 N–H and O–H groups in total. The van der Waals surface area contributed by atoms with Crippen LogP contribution < -0.4 is 0 Å². The molecule has 0 saturated carbocycles. The maximum absolute atomic E-state index is 11.4. The van der Waals surface area contributed by atoms with Gasteiger partial charge < -0.3 is 0 Å². The number of hydrogen-bond donors (Lipinski definition) is 0. The van der Waals surface area contributed by atoms with E-state index >= 15 is 0 Å². The molecule has 0 radical (unpaired) electrons. The van der Waals surface area contributed by atoms with E-state index in [0.29, 0.717) is 10.4 Å². The van der Waals surface area contributed by atoms with Crippen molar-refractivity contribution >= 4 is 21.8 Å². The molecule has 1 aliphatic rings. The summed E-state index contributed by atoms with van der Waals surface area (Å²) in [5.74, 6) is 0.311. The van der Waals surface area contributed by atoms with Crippen LogP contribution in [0.5, 0.6) is 0 Å². The Balaban J connectivity index is 2.70. The summed E-state index contributed by atoms with van der Waals surface area (Å²) in [6.45, 7) is 0.987. The zero-order chi connectivity index (χ0) is 7.78. The second kappa shape index (κ2) is 2.62. The maximum atomic E-state index is 11.4. The van der Waals surface area contributed by atoms with Crippen LogP contribution in [-0.2, 0) is 4.79 Å². The number of piperidine rings is 1. The van der Waals surface area contributed by atoms with E-state index in [9.17, 15) is 4.79 Å². The third kappa shape index (κ3) is 1.40. The number of nitrogens with zero attached hydrogens (tertiary/aromatic N) is 1. The van der Waals surface area contributed by atoms with Crippen molar-refractivity contribution in [1.29, 1.82) is 0 Å². The first-order valence-electron chi connectivity index (χ1n) is 3.55. The van der Waals surface area contributed by atoms with Gasteiger partial charge in [-0.1, -0.05) is 15.9 Å². The molecule has 1 unspecified atom stereocenters. The molecule has 1 amide bonds. The number of carbonyl (C=O) groups is 1. The van der Waals surface area contributed by atoms with Crippen LogP contribution in [0.25, 0.3) is 0 Å². The monoisotopic (exact) mass is 206 g/mol. The summed E-state index contributed by atoms with van der Waals surface area (Å²) in [5.41, 5.74) is 0. The van der Waals surface area contributed by atoms with Gasteiger partial charge >= 0.3 is 5.91 Å². The fourth-order valence-corrected chi connectivity index (χ4v) is 2.16. The second-order valence-corrected chi connectivity index (χ2v) is 4.46. The van der Waals surface area contributed by atoms with E-state index in [1.54, 1.807) is 0 Å². The highest BCUT2D eigenvalue weighted by Crippen LogP contribution is 2.21. The van der Waals surface area contributed by atoms with Gasteiger partial charge in [-0.25, -0.2) is 4.79 Å². The van der Waals surface area contributed by atoms with E-state index in [1.807, 2.05) is 14.1 Å². The number of carbonyl (C=O) groups excluding carboxylic acids is 1. The molecule has 1 atom stereocenters. The number of hydrogen-bond acceptors (Lipinski definition) is 1. The van der Waals surface area contributed by atoms with Crippen molar-refractivity contribution in [3.8, 4) is 0 Å². The highest BCUT2D eigenvalue weighted by Gasteiger charge is 2.36. The lowest BCUT2D eigenvalue weighted by Crippen LogP contribution is -2.53. The summed E-state index contributed by atoms with van der Waals surface area (Å²) in [5, 5.41) is 0. The smallest absolute Gasteiger partial charge is 0.264 e. The third-order valence-electron chi connectivity index (χ3n) is 2.04. The quantitative estimate of drug-likeness (QED) is 0.430. The molecule has 2 nitrogen and oxygen atoms in total. The number of quaternary nitrogens is 1. The van der Waals surface area contributed by atoms with Gasteiger partial charge in [0, 0.05) is 0 Å². The lowest BCUT2D eigenvalue weighted by Gasteiger charge is -2.32. The van der Waals surface area contributed by atoms with Gasteiger partial charge in [-0.05, 0) is 12.8 Å². The van der Waals surface area contributed by atoms with E-state index in [2.05, 4.69) is 15.9 Å². The van der Waals surface area contributed by atoms with Crippen LogP contribution in [0.2, 0.25) is 0 Å². The van der Waals surface area contributed by atoms with Crippen molar-refractivity contribution in [2.45, 2.75) is 17.7 Å². The average Bonchev–Trinajstić information content (AvgIpc) is 1.83. The lowest BCUT2D eigenvalue weighted by molar-refractivity contribution is -0.817. The molecule has 1 aliphatic heterocycles. The predicted molar refractivity (Wildman–Crippen MR) is 43.9 cm³/mol. The Hall–Kier alpha value is 0.110. The SMILES string of the molecule is C[N+]1(C)CCCC(Br)C1=O. The highest BCUT2D eigenvalue weighted by atomic mass is 79.9. The Labute approximate surface area is 69.9 Å². The van der Waals surface area contributed by atoms with Crippen LogP contribution in [0.3, 0.4) is 0 Å². The zero-order valence-electron chi connectivity index (χ0n) is 6.43. The molecule has 0 aliphatic carbocycles. The number of alkyl halides is 1. The Bertz CT molecular complexity index is 156. The number of rotatable bonds is 0. The minimum absolute atomic E-state index is 0.0937. The van der Waals surface area contributed by atoms with Crippen LogP contribution in [0, 0.1) is 0 Å². The van der Waals surface area contributed by atoms with Gasteiger partial charge in [0.15, 0.2) is 0 Å². The number of amides is 1. The summed E-state index contributed by atoms with van der Waals surface area (Å²) in [6.07, 6.45) is 2.15. The number of likely N-dealkylation sites (tertiary alicyclic amines) is 1. The highest BCUT2D eigenvalue weighted by molar-refractivity contribution is 9.10. The van der Waals surface area contributed by atoms with Crippen LogP contribution in [-0.4, -0.2) is 35.9 Å². The van der Waals surface area contributed by atoms with E-state index in [0.717, 1.165) is 19.4 Å². The largest absolute Gasteiger partial charge is 0.327 e. The molecular weight excluding hydrogens is 194 g/mol. The van der Waals surface area contributed by atoms with E-state index in [1.165, 1.54) is 0 Å². The maximum Gasteiger partial charge on any atom is 0.327 e. The summed E-state index contributed by atoms with van der Waals surface area (Å²) in [7, 11) is 3.94. The van der Waals surface area contributed by atoms with Gasteiger partial charge in [0.05, 0.1) is 20.6 Å². The Morgan fingerprint density at radius 2 is 2.20 bits per heavy atom. The molecule has 1 fully saturated rings. The van der Waals surface area contributed by atoms with Crippen molar-refractivity contribution in [3.63, 3.8) is 0 Å². The van der Waals surface area contributed by atoms with Gasteiger partial charge in [0.2, 0.25) is 0 Å². The van der Waals surface area contributed by atoms with E-state index in [-0.39, 0.29) is 4.83 Å². The van der Waals surface area contributed by atoms with Gasteiger partial charge in [-0.3, -0.25) is 4.48 Å². The molecule has 0 spiro atoms. The minimum Gasteiger partial charge on any atom is -0.264 e. The van der Waals surface area contributed by atoms with Crippen molar-refractivity contribution in [1.82, 2.24) is 0 Å². The Morgan fingerprint density at radius 3 is 2.60 bits per heavy atom. The van der Waals surface area contributed by atoms with Gasteiger partial charge in [-0.2, -0.15) is 0 Å². The van der Waals surface area contributed by atoms with Crippen LogP contribution in [0.15, 0.2) is 0 Å². The van der Waals surface area contributed by atoms with Crippen molar-refractivity contribution in [3.05, 3.63) is 0 Å². The normalized spacial score (nSPS) is 32.3. The summed E-state index contributed by atoms with van der Waals surface area (Å²) < 4.78 is 0.538. The third-order valence-corrected chi connectivity index (χ3v) is 2.89. The second-order valence-electron chi connectivity index (χ2n) is 3.36. The first-order valence-corrected chi connectivity index (χ1v) is 4.47. The molecule has 3 heteroatoms. The van der Waals surface area contributed by atoms with Gasteiger partial charge in [-0.15, -0.1) is 0 Å². The standard InChI is InChI=1S/C7H13BrNO/c1-9(2)5-3-4-6(8)7(9)10/h6H,3-5H2,1-2H3/q+1. The van der Waals surface area contributed by atoms with E-state index < -0.39 is 0 Å². The average molecular weight is 207 g/mol. The van der Waals surface area contributed by atoms with Crippen LogP contribution in [0.4, 0.5) is 0 Å².